The number of ether oxygens (including phenoxy) is 1. The fraction of sp³-hybridized carbons (Fsp3) is 0.500. The molecule has 0 saturated heterocycles. The number of carbonyl (C=O) groups is 1. The van der Waals surface area contributed by atoms with Crippen molar-refractivity contribution in [3.63, 3.8) is 0 Å². The molecule has 0 saturated carbocycles. The molecule has 0 aliphatic carbocycles. The Kier molecular flexibility index (Phi) is 6.36. The van der Waals surface area contributed by atoms with E-state index in [1.54, 1.807) is 18.0 Å². The number of benzene rings is 1. The Morgan fingerprint density at radius 1 is 1.33 bits per heavy atom. The second-order valence-electron chi connectivity index (χ2n) is 6.02. The van der Waals surface area contributed by atoms with E-state index in [1.807, 2.05) is 32.9 Å². The summed E-state index contributed by atoms with van der Waals surface area (Å²) < 4.78 is 5.34. The zero-order chi connectivity index (χ0) is 16.2. The van der Waals surface area contributed by atoms with Crippen LogP contribution in [0.2, 0.25) is 10.0 Å². The van der Waals surface area contributed by atoms with Crippen LogP contribution in [0.25, 0.3) is 0 Å². The molecule has 0 aliphatic rings. The molecule has 0 unspecified atom stereocenters. The van der Waals surface area contributed by atoms with E-state index in [-0.39, 0.29) is 12.0 Å². The topological polar surface area (TPSA) is 29.5 Å². The molecule has 21 heavy (non-hydrogen) atoms. The Balaban J connectivity index is 2.77. The van der Waals surface area contributed by atoms with Crippen LogP contribution >= 0.6 is 23.2 Å². The number of amides is 1. The van der Waals surface area contributed by atoms with Gasteiger partial charge in [-0.3, -0.25) is 0 Å². The van der Waals surface area contributed by atoms with Crippen molar-refractivity contribution in [1.82, 2.24) is 4.90 Å². The molecule has 3 nitrogen and oxygen atoms in total. The third-order valence-electron chi connectivity index (χ3n) is 2.96. The highest BCUT2D eigenvalue weighted by Crippen LogP contribution is 2.28. The van der Waals surface area contributed by atoms with Crippen molar-refractivity contribution in [2.24, 2.45) is 0 Å². The van der Waals surface area contributed by atoms with Crippen LogP contribution in [0.15, 0.2) is 18.2 Å². The van der Waals surface area contributed by atoms with Gasteiger partial charge in [-0.25, -0.2) is 4.79 Å². The quantitative estimate of drug-likeness (QED) is 0.762. The van der Waals surface area contributed by atoms with Gasteiger partial charge < -0.3 is 9.64 Å². The molecule has 1 aromatic carbocycles. The highest BCUT2D eigenvalue weighted by atomic mass is 35.5. The smallest absolute Gasteiger partial charge is 0.410 e. The molecule has 1 atom stereocenters. The first-order valence-electron chi connectivity index (χ1n) is 6.82. The van der Waals surface area contributed by atoms with Crippen LogP contribution in [0.3, 0.4) is 0 Å². The van der Waals surface area contributed by atoms with Gasteiger partial charge in [0.2, 0.25) is 0 Å². The maximum Gasteiger partial charge on any atom is 0.410 e. The van der Waals surface area contributed by atoms with Crippen molar-refractivity contribution >= 4 is 29.3 Å². The SMILES string of the molecule is [CH2]C[C@H](CN(C)C(=O)OC(C)(C)C)c1ccc(Cl)c(Cl)c1. The van der Waals surface area contributed by atoms with Gasteiger partial charge in [0.25, 0.3) is 0 Å². The number of rotatable bonds is 4. The Morgan fingerprint density at radius 3 is 2.43 bits per heavy atom. The van der Waals surface area contributed by atoms with E-state index in [9.17, 15) is 4.79 Å². The summed E-state index contributed by atoms with van der Waals surface area (Å²) in [6.07, 6.45) is 0.298. The Hall–Kier alpha value is -0.930. The summed E-state index contributed by atoms with van der Waals surface area (Å²) in [6, 6.07) is 5.49. The fourth-order valence-electron chi connectivity index (χ4n) is 1.87. The fourth-order valence-corrected chi connectivity index (χ4v) is 2.18. The summed E-state index contributed by atoms with van der Waals surface area (Å²) in [5.74, 6) is 0.0808. The van der Waals surface area contributed by atoms with Gasteiger partial charge in [-0.05, 0) is 44.9 Å². The van der Waals surface area contributed by atoms with Crippen LogP contribution in [-0.4, -0.2) is 30.2 Å². The minimum absolute atomic E-state index is 0.0808. The number of hydrogen-bond acceptors (Lipinski definition) is 2. The molecule has 1 aromatic rings. The van der Waals surface area contributed by atoms with E-state index in [0.29, 0.717) is 23.0 Å². The van der Waals surface area contributed by atoms with Crippen LogP contribution in [0.4, 0.5) is 4.79 Å². The van der Waals surface area contributed by atoms with E-state index < -0.39 is 5.60 Å². The third-order valence-corrected chi connectivity index (χ3v) is 3.70. The largest absolute Gasteiger partial charge is 0.444 e. The lowest BCUT2D eigenvalue weighted by Crippen LogP contribution is -2.36. The van der Waals surface area contributed by atoms with Gasteiger partial charge in [0.05, 0.1) is 10.0 Å². The first-order valence-corrected chi connectivity index (χ1v) is 7.58. The summed E-state index contributed by atoms with van der Waals surface area (Å²) in [7, 11) is 1.72. The molecule has 0 bridgehead atoms. The predicted octanol–water partition coefficient (Wildman–Crippen LogP) is 5.17. The molecule has 117 valence electrons. The molecule has 0 fully saturated rings. The zero-order valence-electron chi connectivity index (χ0n) is 13.0. The average Bonchev–Trinajstić information content (AvgIpc) is 2.37. The Labute approximate surface area is 137 Å². The van der Waals surface area contributed by atoms with Gasteiger partial charge in [0.1, 0.15) is 5.60 Å². The number of nitrogens with zero attached hydrogens (tertiary/aromatic N) is 1. The van der Waals surface area contributed by atoms with Crippen molar-refractivity contribution in [1.29, 1.82) is 0 Å². The average molecular weight is 331 g/mol. The van der Waals surface area contributed by atoms with Gasteiger partial charge >= 0.3 is 6.09 Å². The molecule has 1 radical (unpaired) electrons. The number of carbonyl (C=O) groups excluding carboxylic acids is 1. The molecule has 0 N–H and O–H groups in total. The van der Waals surface area contributed by atoms with Crippen LogP contribution < -0.4 is 0 Å². The van der Waals surface area contributed by atoms with Crippen molar-refractivity contribution < 1.29 is 9.53 Å². The third kappa shape index (κ3) is 5.76. The molecule has 0 aliphatic heterocycles. The summed E-state index contributed by atoms with van der Waals surface area (Å²) >= 11 is 12.0. The molecular weight excluding hydrogens is 309 g/mol. The van der Waals surface area contributed by atoms with E-state index in [4.69, 9.17) is 27.9 Å². The van der Waals surface area contributed by atoms with Crippen molar-refractivity contribution in [3.05, 3.63) is 40.7 Å². The Bertz CT molecular complexity index is 498. The van der Waals surface area contributed by atoms with Gasteiger partial charge in [-0.1, -0.05) is 36.2 Å². The van der Waals surface area contributed by atoms with Gasteiger partial charge in [0, 0.05) is 19.5 Å². The second-order valence-corrected chi connectivity index (χ2v) is 6.83. The molecular formula is C16H22Cl2NO2. The molecule has 1 amide bonds. The monoisotopic (exact) mass is 330 g/mol. The van der Waals surface area contributed by atoms with E-state index >= 15 is 0 Å². The number of likely N-dealkylation sites (N-methyl/N-ethyl adjacent to an activating group) is 1. The van der Waals surface area contributed by atoms with E-state index in [2.05, 4.69) is 6.92 Å². The van der Waals surface area contributed by atoms with Crippen LogP contribution in [0, 0.1) is 6.92 Å². The van der Waals surface area contributed by atoms with Crippen molar-refractivity contribution in [2.75, 3.05) is 13.6 Å². The lowest BCUT2D eigenvalue weighted by atomic mass is 9.96. The van der Waals surface area contributed by atoms with Crippen molar-refractivity contribution in [3.8, 4) is 0 Å². The standard InChI is InChI=1S/C16H22Cl2NO2/c1-6-11(12-7-8-13(17)14(18)9-12)10-19(5)15(20)21-16(2,3)4/h7-9,11H,1,6,10H2,2-5H3/t11-/m1/s1. The summed E-state index contributed by atoms with van der Waals surface area (Å²) in [5, 5.41) is 1.02. The highest BCUT2D eigenvalue weighted by molar-refractivity contribution is 6.42. The highest BCUT2D eigenvalue weighted by Gasteiger charge is 2.22. The van der Waals surface area contributed by atoms with Crippen LogP contribution in [-0.2, 0) is 4.74 Å². The Morgan fingerprint density at radius 2 is 1.95 bits per heavy atom. The van der Waals surface area contributed by atoms with Crippen molar-refractivity contribution in [2.45, 2.75) is 38.7 Å². The predicted molar refractivity (Wildman–Crippen MR) is 88.0 cm³/mol. The number of halogens is 2. The first-order chi connectivity index (χ1) is 9.64. The van der Waals surface area contributed by atoms with Gasteiger partial charge in [-0.15, -0.1) is 0 Å². The lowest BCUT2D eigenvalue weighted by molar-refractivity contribution is 0.0289. The maximum absolute atomic E-state index is 12.0. The van der Waals surface area contributed by atoms with Crippen LogP contribution in [0.5, 0.6) is 0 Å². The van der Waals surface area contributed by atoms with E-state index in [0.717, 1.165) is 5.56 Å². The summed E-state index contributed by atoms with van der Waals surface area (Å²) in [5.41, 5.74) is 0.504. The van der Waals surface area contributed by atoms with E-state index in [1.165, 1.54) is 0 Å². The first kappa shape index (κ1) is 18.1. The molecule has 0 spiro atoms. The minimum atomic E-state index is -0.505. The second kappa shape index (κ2) is 7.37. The summed E-state index contributed by atoms with van der Waals surface area (Å²) in [4.78, 5) is 13.6. The molecule has 0 aromatic heterocycles. The molecule has 1 rings (SSSR count). The molecule has 0 heterocycles. The van der Waals surface area contributed by atoms with Crippen LogP contribution in [0.1, 0.15) is 38.7 Å². The normalized spacial score (nSPS) is 12.9. The minimum Gasteiger partial charge on any atom is -0.444 e. The zero-order valence-corrected chi connectivity index (χ0v) is 14.5. The van der Waals surface area contributed by atoms with Gasteiger partial charge in [-0.2, -0.15) is 0 Å². The number of hydrogen-bond donors (Lipinski definition) is 0. The molecule has 5 heteroatoms. The maximum atomic E-state index is 12.0. The van der Waals surface area contributed by atoms with Gasteiger partial charge in [0.15, 0.2) is 0 Å². The lowest BCUT2D eigenvalue weighted by Gasteiger charge is -2.27. The summed E-state index contributed by atoms with van der Waals surface area (Å²) in [6.45, 7) is 9.99.